The molecule has 4 amide bonds. The van der Waals surface area contributed by atoms with Gasteiger partial charge in [0.15, 0.2) is 0 Å². The van der Waals surface area contributed by atoms with Crippen LogP contribution in [0.15, 0.2) is 30.3 Å². The van der Waals surface area contributed by atoms with Gasteiger partial charge in [-0.05, 0) is 17.9 Å². The number of hydrogen-bond donors (Lipinski definition) is 7. The first kappa shape index (κ1) is 28.5. The number of rotatable bonds is 14. The van der Waals surface area contributed by atoms with Gasteiger partial charge in [0.05, 0.1) is 13.0 Å². The third-order valence-electron chi connectivity index (χ3n) is 4.81. The first-order chi connectivity index (χ1) is 15.9. The fourth-order valence-corrected chi connectivity index (χ4v) is 3.07. The van der Waals surface area contributed by atoms with Gasteiger partial charge < -0.3 is 37.6 Å². The highest BCUT2D eigenvalue weighted by molar-refractivity contribution is 5.96. The highest BCUT2D eigenvalue weighted by Gasteiger charge is 2.31. The van der Waals surface area contributed by atoms with Crippen LogP contribution in [0.3, 0.4) is 0 Å². The molecule has 0 aliphatic carbocycles. The lowest BCUT2D eigenvalue weighted by Crippen LogP contribution is -2.58. The first-order valence-corrected chi connectivity index (χ1v) is 10.8. The topological polar surface area (TPSA) is 214 Å². The van der Waals surface area contributed by atoms with Gasteiger partial charge in [-0.1, -0.05) is 44.2 Å². The van der Waals surface area contributed by atoms with E-state index in [1.54, 1.807) is 44.2 Å². The number of aliphatic carboxylic acids is 1. The molecule has 0 saturated carbocycles. The molecule has 188 valence electrons. The van der Waals surface area contributed by atoms with E-state index in [4.69, 9.17) is 16.6 Å². The van der Waals surface area contributed by atoms with Crippen LogP contribution >= 0.6 is 0 Å². The van der Waals surface area contributed by atoms with Crippen LogP contribution < -0.4 is 27.4 Å². The zero-order chi connectivity index (χ0) is 25.8. The van der Waals surface area contributed by atoms with Crippen LogP contribution in [-0.2, 0) is 30.4 Å². The predicted molar refractivity (Wildman–Crippen MR) is 122 cm³/mol. The maximum Gasteiger partial charge on any atom is 0.326 e. The largest absolute Gasteiger partial charge is 0.480 e. The normalized spacial score (nSPS) is 14.4. The first-order valence-electron chi connectivity index (χ1n) is 10.8. The number of primary amides is 1. The monoisotopic (exact) mass is 479 g/mol. The average Bonchev–Trinajstić information content (AvgIpc) is 2.76. The van der Waals surface area contributed by atoms with Crippen molar-refractivity contribution in [1.29, 1.82) is 0 Å². The van der Waals surface area contributed by atoms with E-state index in [1.165, 1.54) is 0 Å². The van der Waals surface area contributed by atoms with E-state index in [-0.39, 0.29) is 18.8 Å². The number of amides is 4. The zero-order valence-electron chi connectivity index (χ0n) is 19.2. The Morgan fingerprint density at radius 2 is 1.41 bits per heavy atom. The quantitative estimate of drug-likeness (QED) is 0.158. The summed E-state index contributed by atoms with van der Waals surface area (Å²) < 4.78 is 0. The second-order valence-corrected chi connectivity index (χ2v) is 8.30. The molecule has 0 spiro atoms. The summed E-state index contributed by atoms with van der Waals surface area (Å²) in [4.78, 5) is 61.0. The molecule has 0 fully saturated rings. The van der Waals surface area contributed by atoms with Crippen LogP contribution in [-0.4, -0.2) is 70.6 Å². The Labute approximate surface area is 197 Å². The molecule has 4 unspecified atom stereocenters. The summed E-state index contributed by atoms with van der Waals surface area (Å²) in [5.41, 5.74) is 11.4. The number of aliphatic hydroxyl groups is 1. The summed E-state index contributed by atoms with van der Waals surface area (Å²) in [5, 5.41) is 25.6. The Hall–Kier alpha value is -3.51. The molecule has 1 rings (SSSR count). The van der Waals surface area contributed by atoms with Crippen LogP contribution in [0.5, 0.6) is 0 Å². The van der Waals surface area contributed by atoms with Gasteiger partial charge in [-0.2, -0.15) is 0 Å². The van der Waals surface area contributed by atoms with Crippen LogP contribution in [0.2, 0.25) is 0 Å². The van der Waals surface area contributed by atoms with Gasteiger partial charge in [-0.15, -0.1) is 0 Å². The number of nitrogens with two attached hydrogens (primary N) is 2. The maximum atomic E-state index is 13.0. The highest BCUT2D eigenvalue weighted by Crippen LogP contribution is 2.08. The molecule has 12 heteroatoms. The van der Waals surface area contributed by atoms with E-state index in [1.807, 2.05) is 0 Å². The molecular weight excluding hydrogens is 446 g/mol. The Morgan fingerprint density at radius 3 is 1.91 bits per heavy atom. The molecule has 0 saturated heterocycles. The van der Waals surface area contributed by atoms with Crippen molar-refractivity contribution >= 4 is 29.6 Å². The molecule has 0 bridgehead atoms. The molecule has 1 aromatic carbocycles. The molecule has 34 heavy (non-hydrogen) atoms. The third-order valence-corrected chi connectivity index (χ3v) is 4.81. The molecule has 9 N–H and O–H groups in total. The van der Waals surface area contributed by atoms with Gasteiger partial charge in [-0.3, -0.25) is 19.2 Å². The summed E-state index contributed by atoms with van der Waals surface area (Å²) in [7, 11) is 0. The lowest BCUT2D eigenvalue weighted by molar-refractivity contribution is -0.143. The number of carbonyl (C=O) groups is 5. The summed E-state index contributed by atoms with van der Waals surface area (Å²) in [6.07, 6.45) is -0.440. The van der Waals surface area contributed by atoms with Gasteiger partial charge >= 0.3 is 5.97 Å². The number of aliphatic hydroxyl groups excluding tert-OH is 1. The van der Waals surface area contributed by atoms with Crippen molar-refractivity contribution in [2.24, 2.45) is 17.4 Å². The Balaban J connectivity index is 3.08. The standard InChI is InChI=1S/C22H33N5O7/c1-12(2)8-17(22(33)34)27-21(32)16(10-18(24)29)26-20(31)15(25-19(30)14(23)11-28)9-13-6-4-3-5-7-13/h3-7,12,14-17,28H,8-11,23H2,1-2H3,(H2,24,29)(H,25,30)(H,26,31)(H,27,32)(H,33,34). The van der Waals surface area contributed by atoms with E-state index in [9.17, 15) is 29.1 Å². The van der Waals surface area contributed by atoms with Crippen LogP contribution in [0.25, 0.3) is 0 Å². The molecule has 4 atom stereocenters. The van der Waals surface area contributed by atoms with Gasteiger partial charge in [0, 0.05) is 6.42 Å². The van der Waals surface area contributed by atoms with Gasteiger partial charge in [-0.25, -0.2) is 4.79 Å². The van der Waals surface area contributed by atoms with E-state index >= 15 is 0 Å². The van der Waals surface area contributed by atoms with Crippen molar-refractivity contribution in [1.82, 2.24) is 16.0 Å². The van der Waals surface area contributed by atoms with Crippen LogP contribution in [0, 0.1) is 5.92 Å². The van der Waals surface area contributed by atoms with E-state index < -0.39 is 66.8 Å². The van der Waals surface area contributed by atoms with Crippen molar-refractivity contribution in [3.05, 3.63) is 35.9 Å². The number of nitrogens with one attached hydrogen (secondary N) is 3. The fraction of sp³-hybridized carbons (Fsp3) is 0.500. The van der Waals surface area contributed by atoms with Crippen molar-refractivity contribution in [2.45, 2.75) is 57.3 Å². The minimum absolute atomic E-state index is 0.0204. The van der Waals surface area contributed by atoms with Crippen molar-refractivity contribution in [3.63, 3.8) is 0 Å². The Kier molecular flexibility index (Phi) is 11.7. The average molecular weight is 480 g/mol. The van der Waals surface area contributed by atoms with E-state index in [0.717, 1.165) is 0 Å². The molecule has 0 aromatic heterocycles. The summed E-state index contributed by atoms with van der Waals surface area (Å²) in [6.45, 7) is 2.90. The van der Waals surface area contributed by atoms with Crippen LogP contribution in [0.4, 0.5) is 0 Å². The molecule has 0 aliphatic heterocycles. The summed E-state index contributed by atoms with van der Waals surface area (Å²) in [5.74, 6) is -4.73. The number of carboxylic acid groups (broad SMARTS) is 1. The summed E-state index contributed by atoms with van der Waals surface area (Å²) >= 11 is 0. The number of carboxylic acids is 1. The molecule has 12 nitrogen and oxygen atoms in total. The van der Waals surface area contributed by atoms with Crippen molar-refractivity contribution in [3.8, 4) is 0 Å². The van der Waals surface area contributed by atoms with Crippen LogP contribution in [0.1, 0.15) is 32.3 Å². The Bertz CT molecular complexity index is 862. The van der Waals surface area contributed by atoms with Gasteiger partial charge in [0.25, 0.3) is 0 Å². The zero-order valence-corrected chi connectivity index (χ0v) is 19.2. The molecule has 0 heterocycles. The van der Waals surface area contributed by atoms with Crippen molar-refractivity contribution in [2.75, 3.05) is 6.61 Å². The minimum atomic E-state index is -1.47. The highest BCUT2D eigenvalue weighted by atomic mass is 16.4. The lowest BCUT2D eigenvalue weighted by Gasteiger charge is -2.25. The number of benzene rings is 1. The molecule has 0 aliphatic rings. The number of hydrogen-bond acceptors (Lipinski definition) is 7. The second-order valence-electron chi connectivity index (χ2n) is 8.30. The van der Waals surface area contributed by atoms with Gasteiger partial charge in [0.2, 0.25) is 23.6 Å². The SMILES string of the molecule is CC(C)CC(NC(=O)C(CC(N)=O)NC(=O)C(Cc1ccccc1)NC(=O)C(N)CO)C(=O)O. The van der Waals surface area contributed by atoms with Gasteiger partial charge in [0.1, 0.15) is 24.2 Å². The molecular formula is C22H33N5O7. The number of carbonyl (C=O) groups excluding carboxylic acids is 4. The minimum Gasteiger partial charge on any atom is -0.480 e. The predicted octanol–water partition coefficient (Wildman–Crippen LogP) is -1.99. The fourth-order valence-electron chi connectivity index (χ4n) is 3.07. The third kappa shape index (κ3) is 9.96. The Morgan fingerprint density at radius 1 is 0.882 bits per heavy atom. The maximum absolute atomic E-state index is 13.0. The van der Waals surface area contributed by atoms with E-state index in [2.05, 4.69) is 16.0 Å². The van der Waals surface area contributed by atoms with Crippen molar-refractivity contribution < 1.29 is 34.2 Å². The smallest absolute Gasteiger partial charge is 0.326 e. The van der Waals surface area contributed by atoms with E-state index in [0.29, 0.717) is 5.56 Å². The summed E-state index contributed by atoms with van der Waals surface area (Å²) in [6, 6.07) is 3.48. The molecule has 0 radical (unpaired) electrons. The lowest BCUT2D eigenvalue weighted by atomic mass is 10.0. The molecule has 1 aromatic rings. The second kappa shape index (κ2) is 13.9.